The molecule has 0 atom stereocenters. The molecule has 2 rings (SSSR count). The standard InChI is InChI=1S/C10H13N5O3/c1-3-15-9(17)4-6(16)5(11)7(12)13-8(4)14(2)10(15)18/h3,11H2,1-2H3,(H3,12,13,16). The molecule has 8 nitrogen and oxygen atoms in total. The van der Waals surface area contributed by atoms with Gasteiger partial charge in [-0.1, -0.05) is 0 Å². The topological polar surface area (TPSA) is 129 Å². The van der Waals surface area contributed by atoms with E-state index < -0.39 is 16.7 Å². The normalized spacial score (nSPS) is 11.0. The molecule has 96 valence electrons. The van der Waals surface area contributed by atoms with Gasteiger partial charge >= 0.3 is 5.69 Å². The Bertz CT molecular complexity index is 811. The molecule has 0 amide bonds. The van der Waals surface area contributed by atoms with E-state index in [1.807, 2.05) is 0 Å². The average molecular weight is 251 g/mol. The molecule has 0 aliphatic carbocycles. The number of rotatable bonds is 1. The molecule has 0 aliphatic rings. The van der Waals surface area contributed by atoms with Crippen LogP contribution in [0.2, 0.25) is 0 Å². The summed E-state index contributed by atoms with van der Waals surface area (Å²) in [5.41, 5.74) is 9.02. The van der Waals surface area contributed by atoms with E-state index in [2.05, 4.69) is 4.98 Å². The lowest BCUT2D eigenvalue weighted by Crippen LogP contribution is -2.41. The van der Waals surface area contributed by atoms with Crippen molar-refractivity contribution in [2.75, 3.05) is 11.5 Å². The van der Waals surface area contributed by atoms with Crippen molar-refractivity contribution in [3.8, 4) is 0 Å². The van der Waals surface area contributed by atoms with Gasteiger partial charge in [0.1, 0.15) is 22.5 Å². The fourth-order valence-corrected chi connectivity index (χ4v) is 1.85. The number of anilines is 2. The molecule has 0 unspecified atom stereocenters. The van der Waals surface area contributed by atoms with Gasteiger partial charge in [0.25, 0.3) is 5.56 Å². The van der Waals surface area contributed by atoms with Crippen molar-refractivity contribution in [2.24, 2.45) is 7.05 Å². The summed E-state index contributed by atoms with van der Waals surface area (Å²) < 4.78 is 2.13. The Balaban J connectivity index is 3.25. The number of aromatic amines is 1. The molecular weight excluding hydrogens is 238 g/mol. The zero-order valence-electron chi connectivity index (χ0n) is 9.98. The van der Waals surface area contributed by atoms with Crippen LogP contribution >= 0.6 is 0 Å². The Hall–Kier alpha value is -2.51. The van der Waals surface area contributed by atoms with Crippen LogP contribution in [0, 0.1) is 0 Å². The Morgan fingerprint density at radius 1 is 1.22 bits per heavy atom. The maximum absolute atomic E-state index is 12.1. The summed E-state index contributed by atoms with van der Waals surface area (Å²) in [6, 6.07) is 0. The molecule has 0 spiro atoms. The highest BCUT2D eigenvalue weighted by molar-refractivity contribution is 5.81. The smallest absolute Gasteiger partial charge is 0.332 e. The molecule has 2 aromatic rings. The molecule has 0 saturated carbocycles. The lowest BCUT2D eigenvalue weighted by molar-refractivity contribution is 0.637. The highest BCUT2D eigenvalue weighted by Gasteiger charge is 2.16. The molecule has 0 saturated heterocycles. The second-order valence-corrected chi connectivity index (χ2v) is 3.90. The lowest BCUT2D eigenvalue weighted by Gasteiger charge is -2.10. The third-order valence-corrected chi connectivity index (χ3v) is 2.88. The van der Waals surface area contributed by atoms with Crippen molar-refractivity contribution in [3.05, 3.63) is 31.1 Å². The van der Waals surface area contributed by atoms with Gasteiger partial charge in [-0.25, -0.2) is 4.79 Å². The van der Waals surface area contributed by atoms with Crippen molar-refractivity contribution in [3.63, 3.8) is 0 Å². The summed E-state index contributed by atoms with van der Waals surface area (Å²) in [5.74, 6) is -0.0591. The van der Waals surface area contributed by atoms with Crippen molar-refractivity contribution < 1.29 is 0 Å². The molecule has 0 radical (unpaired) electrons. The third kappa shape index (κ3) is 1.35. The Kier molecular flexibility index (Phi) is 2.50. The van der Waals surface area contributed by atoms with Crippen molar-refractivity contribution in [1.29, 1.82) is 0 Å². The van der Waals surface area contributed by atoms with Crippen LogP contribution in [-0.4, -0.2) is 14.1 Å². The third-order valence-electron chi connectivity index (χ3n) is 2.88. The van der Waals surface area contributed by atoms with Gasteiger partial charge in [-0.3, -0.25) is 18.7 Å². The molecule has 8 heteroatoms. The molecule has 2 heterocycles. The highest BCUT2D eigenvalue weighted by atomic mass is 16.2. The Morgan fingerprint density at radius 3 is 2.39 bits per heavy atom. The molecule has 2 aromatic heterocycles. The van der Waals surface area contributed by atoms with Crippen molar-refractivity contribution in [2.45, 2.75) is 13.5 Å². The van der Waals surface area contributed by atoms with Crippen LogP contribution in [-0.2, 0) is 13.6 Å². The summed E-state index contributed by atoms with van der Waals surface area (Å²) in [4.78, 5) is 38.5. The second kappa shape index (κ2) is 3.76. The number of fused-ring (bicyclic) bond motifs is 1. The van der Waals surface area contributed by atoms with E-state index >= 15 is 0 Å². The zero-order valence-corrected chi connectivity index (χ0v) is 9.98. The van der Waals surface area contributed by atoms with Crippen LogP contribution in [0.3, 0.4) is 0 Å². The maximum Gasteiger partial charge on any atom is 0.332 e. The van der Waals surface area contributed by atoms with Gasteiger partial charge in [-0.15, -0.1) is 0 Å². The van der Waals surface area contributed by atoms with Crippen LogP contribution < -0.4 is 28.1 Å². The Morgan fingerprint density at radius 2 is 1.83 bits per heavy atom. The average Bonchev–Trinajstić information content (AvgIpc) is 2.33. The summed E-state index contributed by atoms with van der Waals surface area (Å²) in [6.07, 6.45) is 0. The van der Waals surface area contributed by atoms with Gasteiger partial charge in [0.2, 0.25) is 5.43 Å². The number of nitrogen functional groups attached to an aromatic ring is 2. The van der Waals surface area contributed by atoms with Gasteiger partial charge < -0.3 is 16.5 Å². The predicted octanol–water partition coefficient (Wildman–Crippen LogP) is -1.43. The predicted molar refractivity (Wildman–Crippen MR) is 68.6 cm³/mol. The van der Waals surface area contributed by atoms with E-state index in [-0.39, 0.29) is 29.1 Å². The van der Waals surface area contributed by atoms with E-state index in [1.54, 1.807) is 6.92 Å². The van der Waals surface area contributed by atoms with Crippen LogP contribution in [0.1, 0.15) is 6.92 Å². The zero-order chi connectivity index (χ0) is 13.6. The molecule has 0 aliphatic heterocycles. The second-order valence-electron chi connectivity index (χ2n) is 3.90. The van der Waals surface area contributed by atoms with Gasteiger partial charge in [-0.05, 0) is 6.92 Å². The first-order valence-corrected chi connectivity index (χ1v) is 5.30. The van der Waals surface area contributed by atoms with Gasteiger partial charge in [0.05, 0.1) is 0 Å². The fraction of sp³-hybridized carbons (Fsp3) is 0.300. The highest BCUT2D eigenvalue weighted by Crippen LogP contribution is 2.09. The monoisotopic (exact) mass is 251 g/mol. The summed E-state index contributed by atoms with van der Waals surface area (Å²) >= 11 is 0. The largest absolute Gasteiger partial charge is 0.393 e. The van der Waals surface area contributed by atoms with Crippen LogP contribution in [0.15, 0.2) is 14.4 Å². The van der Waals surface area contributed by atoms with Crippen LogP contribution in [0.5, 0.6) is 0 Å². The molecular formula is C10H13N5O3. The van der Waals surface area contributed by atoms with Crippen LogP contribution in [0.4, 0.5) is 11.5 Å². The number of H-pyrrole nitrogens is 1. The number of hydrogen-bond acceptors (Lipinski definition) is 5. The minimum Gasteiger partial charge on any atom is -0.393 e. The molecule has 18 heavy (non-hydrogen) atoms. The number of nitrogens with zero attached hydrogens (tertiary/aromatic N) is 2. The first-order chi connectivity index (χ1) is 8.40. The summed E-state index contributed by atoms with van der Waals surface area (Å²) in [6.45, 7) is 1.81. The van der Waals surface area contributed by atoms with E-state index in [1.165, 1.54) is 7.05 Å². The van der Waals surface area contributed by atoms with E-state index in [4.69, 9.17) is 11.5 Å². The van der Waals surface area contributed by atoms with Crippen molar-refractivity contribution in [1.82, 2.24) is 14.1 Å². The SMILES string of the molecule is CCn1c(=O)c2c(=O)c(N)c(N)[nH]c2n(C)c1=O. The molecule has 0 fully saturated rings. The maximum atomic E-state index is 12.1. The number of hydrogen-bond donors (Lipinski definition) is 3. The van der Waals surface area contributed by atoms with E-state index in [0.29, 0.717) is 0 Å². The fourth-order valence-electron chi connectivity index (χ4n) is 1.85. The van der Waals surface area contributed by atoms with Gasteiger partial charge in [0, 0.05) is 13.6 Å². The minimum absolute atomic E-state index is 0.0591. The van der Waals surface area contributed by atoms with E-state index in [0.717, 1.165) is 9.13 Å². The number of nitrogens with one attached hydrogen (secondary N) is 1. The lowest BCUT2D eigenvalue weighted by atomic mass is 10.2. The summed E-state index contributed by atoms with van der Waals surface area (Å²) in [5, 5.41) is -0.161. The van der Waals surface area contributed by atoms with Gasteiger partial charge in [-0.2, -0.15) is 0 Å². The number of pyridine rings is 1. The first-order valence-electron chi connectivity index (χ1n) is 5.30. The van der Waals surface area contributed by atoms with Crippen molar-refractivity contribution >= 4 is 22.5 Å². The number of aryl methyl sites for hydroxylation is 1. The molecule has 0 bridgehead atoms. The van der Waals surface area contributed by atoms with Gasteiger partial charge in [0.15, 0.2) is 0 Å². The van der Waals surface area contributed by atoms with Crippen LogP contribution in [0.25, 0.3) is 11.0 Å². The Labute approximate surface area is 100 Å². The number of nitrogens with two attached hydrogens (primary N) is 2. The quantitative estimate of drug-likeness (QED) is 0.572. The first kappa shape index (κ1) is 12.0. The van der Waals surface area contributed by atoms with E-state index in [9.17, 15) is 14.4 Å². The molecule has 0 aromatic carbocycles. The molecule has 5 N–H and O–H groups in total. The minimum atomic E-state index is -0.663. The number of aromatic nitrogens is 3. The summed E-state index contributed by atoms with van der Waals surface area (Å²) in [7, 11) is 1.45.